The lowest BCUT2D eigenvalue weighted by molar-refractivity contribution is 0.276. The lowest BCUT2D eigenvalue weighted by Gasteiger charge is -1.98. The van der Waals surface area contributed by atoms with Gasteiger partial charge < -0.3 is 0 Å². The maximum atomic E-state index is 10.5. The van der Waals surface area contributed by atoms with Gasteiger partial charge in [-0.2, -0.15) is 0 Å². The minimum atomic E-state index is -0.390. The SMILES string of the molecule is Cc1ccccc1SC(=O)Cl. The van der Waals surface area contributed by atoms with Crippen molar-refractivity contribution in [2.45, 2.75) is 11.8 Å². The minimum Gasteiger partial charge on any atom is -0.268 e. The highest BCUT2D eigenvalue weighted by Crippen LogP contribution is 2.24. The van der Waals surface area contributed by atoms with E-state index in [1.54, 1.807) is 0 Å². The molecule has 58 valence electrons. The van der Waals surface area contributed by atoms with Crippen LogP contribution in [-0.4, -0.2) is 4.57 Å². The third-order valence-electron chi connectivity index (χ3n) is 1.28. The summed E-state index contributed by atoms with van der Waals surface area (Å²) in [5.74, 6) is 0. The molecule has 0 saturated heterocycles. The number of hydrogen-bond donors (Lipinski definition) is 0. The van der Waals surface area contributed by atoms with Crippen molar-refractivity contribution in [3.63, 3.8) is 0 Å². The van der Waals surface area contributed by atoms with E-state index in [2.05, 4.69) is 0 Å². The molecule has 1 aromatic carbocycles. The van der Waals surface area contributed by atoms with Crippen LogP contribution in [0, 0.1) is 6.92 Å². The van der Waals surface area contributed by atoms with E-state index in [0.717, 1.165) is 22.2 Å². The average Bonchev–Trinajstić information content (AvgIpc) is 1.93. The molecule has 0 spiro atoms. The standard InChI is InChI=1S/C8H7ClOS/c1-6-4-2-3-5-7(6)11-8(9)10/h2-5H,1H3. The molecule has 0 fully saturated rings. The predicted molar refractivity (Wildman–Crippen MR) is 48.3 cm³/mol. The first-order chi connectivity index (χ1) is 5.20. The highest BCUT2D eigenvalue weighted by molar-refractivity contribution is 8.16. The van der Waals surface area contributed by atoms with Crippen LogP contribution >= 0.6 is 23.4 Å². The molecule has 1 aromatic rings. The normalized spacial score (nSPS) is 9.64. The largest absolute Gasteiger partial charge is 0.284 e. The summed E-state index contributed by atoms with van der Waals surface area (Å²) in [5.41, 5.74) is 1.08. The second-order valence-corrected chi connectivity index (χ2v) is 3.69. The smallest absolute Gasteiger partial charge is 0.268 e. The molecule has 1 nitrogen and oxygen atoms in total. The Kier molecular flexibility index (Phi) is 2.97. The van der Waals surface area contributed by atoms with Crippen molar-refractivity contribution in [2.24, 2.45) is 0 Å². The van der Waals surface area contributed by atoms with Crippen molar-refractivity contribution in [2.75, 3.05) is 0 Å². The Bertz CT molecular complexity index is 273. The number of aryl methyl sites for hydroxylation is 1. The first-order valence-electron chi connectivity index (χ1n) is 3.13. The van der Waals surface area contributed by atoms with Crippen LogP contribution in [0.5, 0.6) is 0 Å². The van der Waals surface area contributed by atoms with Crippen LogP contribution in [0.3, 0.4) is 0 Å². The fourth-order valence-corrected chi connectivity index (χ4v) is 1.56. The van der Waals surface area contributed by atoms with Gasteiger partial charge in [-0.3, -0.25) is 4.79 Å². The molecule has 0 bridgehead atoms. The van der Waals surface area contributed by atoms with Crippen molar-refractivity contribution >= 4 is 27.9 Å². The topological polar surface area (TPSA) is 17.1 Å². The summed E-state index contributed by atoms with van der Waals surface area (Å²) in [5, 5.41) is 0. The molecule has 0 amide bonds. The van der Waals surface area contributed by atoms with Gasteiger partial charge >= 0.3 is 0 Å². The number of thioether (sulfide) groups is 1. The van der Waals surface area contributed by atoms with Crippen LogP contribution in [0.15, 0.2) is 29.2 Å². The molecule has 0 saturated carbocycles. The molecule has 3 heteroatoms. The Hall–Kier alpha value is -0.470. The molecule has 0 radical (unpaired) electrons. The summed E-state index contributed by atoms with van der Waals surface area (Å²) in [6.45, 7) is 1.95. The molecule has 0 N–H and O–H groups in total. The van der Waals surface area contributed by atoms with Crippen molar-refractivity contribution in [1.82, 2.24) is 0 Å². The number of carbonyl (C=O) groups is 1. The number of hydrogen-bond acceptors (Lipinski definition) is 2. The van der Waals surface area contributed by atoms with Gasteiger partial charge in [0.2, 0.25) is 0 Å². The Labute approximate surface area is 74.7 Å². The quantitative estimate of drug-likeness (QED) is 0.494. The Morgan fingerprint density at radius 1 is 1.45 bits per heavy atom. The van der Waals surface area contributed by atoms with Crippen molar-refractivity contribution in [3.8, 4) is 0 Å². The van der Waals surface area contributed by atoms with Crippen LogP contribution in [0.4, 0.5) is 4.79 Å². The second-order valence-electron chi connectivity index (χ2n) is 2.11. The summed E-state index contributed by atoms with van der Waals surface area (Å²) < 4.78 is -0.390. The van der Waals surface area contributed by atoms with E-state index in [0.29, 0.717) is 0 Å². The molecule has 0 aliphatic heterocycles. The van der Waals surface area contributed by atoms with Crippen molar-refractivity contribution < 1.29 is 4.79 Å². The molecule has 0 unspecified atom stereocenters. The highest BCUT2D eigenvalue weighted by Gasteiger charge is 2.01. The molecule has 0 aliphatic carbocycles. The van der Waals surface area contributed by atoms with E-state index >= 15 is 0 Å². The maximum Gasteiger partial charge on any atom is 0.284 e. The van der Waals surface area contributed by atoms with E-state index in [-0.39, 0.29) is 4.57 Å². The third-order valence-corrected chi connectivity index (χ3v) is 2.35. The zero-order valence-corrected chi connectivity index (χ0v) is 7.58. The molecular formula is C8H7ClOS. The van der Waals surface area contributed by atoms with Crippen LogP contribution in [0.25, 0.3) is 0 Å². The molecule has 0 heterocycles. The van der Waals surface area contributed by atoms with Gasteiger partial charge in [0.05, 0.1) is 0 Å². The lowest BCUT2D eigenvalue weighted by atomic mass is 10.2. The summed E-state index contributed by atoms with van der Waals surface area (Å²) in [6.07, 6.45) is 0. The molecular weight excluding hydrogens is 180 g/mol. The molecule has 1 rings (SSSR count). The van der Waals surface area contributed by atoms with Crippen LogP contribution < -0.4 is 0 Å². The highest BCUT2D eigenvalue weighted by atomic mass is 35.5. The predicted octanol–water partition coefficient (Wildman–Crippen LogP) is 3.45. The maximum absolute atomic E-state index is 10.5. The van der Waals surface area contributed by atoms with Crippen LogP contribution in [0.1, 0.15) is 5.56 Å². The molecule has 0 atom stereocenters. The minimum absolute atomic E-state index is 0.390. The van der Waals surface area contributed by atoms with Gasteiger partial charge in [-0.1, -0.05) is 18.2 Å². The van der Waals surface area contributed by atoms with Gasteiger partial charge in [0, 0.05) is 4.90 Å². The fourth-order valence-electron chi connectivity index (χ4n) is 0.757. The number of benzene rings is 1. The van der Waals surface area contributed by atoms with E-state index < -0.39 is 0 Å². The number of carbonyl (C=O) groups excluding carboxylic acids is 1. The molecule has 11 heavy (non-hydrogen) atoms. The van der Waals surface area contributed by atoms with E-state index in [1.807, 2.05) is 31.2 Å². The van der Waals surface area contributed by atoms with Gasteiger partial charge in [-0.25, -0.2) is 0 Å². The van der Waals surface area contributed by atoms with Crippen molar-refractivity contribution in [1.29, 1.82) is 0 Å². The number of rotatable bonds is 1. The summed E-state index contributed by atoms with van der Waals surface area (Å²) in [6, 6.07) is 7.63. The van der Waals surface area contributed by atoms with Crippen molar-refractivity contribution in [3.05, 3.63) is 29.8 Å². The average molecular weight is 187 g/mol. The fraction of sp³-hybridized carbons (Fsp3) is 0.125. The summed E-state index contributed by atoms with van der Waals surface area (Å²) in [4.78, 5) is 11.4. The summed E-state index contributed by atoms with van der Waals surface area (Å²) in [7, 11) is 0. The van der Waals surface area contributed by atoms with E-state index in [4.69, 9.17) is 11.6 Å². The monoisotopic (exact) mass is 186 g/mol. The van der Waals surface area contributed by atoms with Gasteiger partial charge in [0.1, 0.15) is 0 Å². The zero-order valence-electron chi connectivity index (χ0n) is 6.00. The Morgan fingerprint density at radius 3 is 2.64 bits per heavy atom. The zero-order chi connectivity index (χ0) is 8.27. The molecule has 0 aromatic heterocycles. The Balaban J connectivity index is 2.86. The van der Waals surface area contributed by atoms with Gasteiger partial charge in [-0.05, 0) is 41.9 Å². The lowest BCUT2D eigenvalue weighted by Crippen LogP contribution is -1.79. The third kappa shape index (κ3) is 2.56. The number of halogens is 1. The van der Waals surface area contributed by atoms with E-state index in [1.165, 1.54) is 0 Å². The van der Waals surface area contributed by atoms with Crippen LogP contribution in [-0.2, 0) is 0 Å². The summed E-state index contributed by atoms with van der Waals surface area (Å²) >= 11 is 6.26. The molecule has 0 aliphatic rings. The Morgan fingerprint density at radius 2 is 2.09 bits per heavy atom. The first-order valence-corrected chi connectivity index (χ1v) is 4.32. The van der Waals surface area contributed by atoms with Gasteiger partial charge in [0.25, 0.3) is 4.57 Å². The first kappa shape index (κ1) is 8.62. The van der Waals surface area contributed by atoms with Gasteiger partial charge in [-0.15, -0.1) is 0 Å². The van der Waals surface area contributed by atoms with E-state index in [9.17, 15) is 4.79 Å². The van der Waals surface area contributed by atoms with Crippen LogP contribution in [0.2, 0.25) is 0 Å². The van der Waals surface area contributed by atoms with Gasteiger partial charge in [0.15, 0.2) is 0 Å². The second kappa shape index (κ2) is 3.79.